The van der Waals surface area contributed by atoms with Gasteiger partial charge in [-0.15, -0.1) is 0 Å². The Bertz CT molecular complexity index is 721. The maximum atomic E-state index is 11.1. The summed E-state index contributed by atoms with van der Waals surface area (Å²) in [5, 5.41) is 29.9. The van der Waals surface area contributed by atoms with Crippen molar-refractivity contribution in [2.75, 3.05) is 0 Å². The summed E-state index contributed by atoms with van der Waals surface area (Å²) in [6.07, 6.45) is 10.1. The lowest BCUT2D eigenvalue weighted by Gasteiger charge is -2.18. The Morgan fingerprint density at radius 2 is 1.73 bits per heavy atom. The van der Waals surface area contributed by atoms with Crippen LogP contribution in [0.25, 0.3) is 0 Å². The molecule has 1 aromatic carbocycles. The first-order valence-corrected chi connectivity index (χ1v) is 11.1. The van der Waals surface area contributed by atoms with Crippen molar-refractivity contribution in [1.82, 2.24) is 0 Å². The van der Waals surface area contributed by atoms with Crippen LogP contribution in [0.15, 0.2) is 12.1 Å². The molecule has 1 fully saturated rings. The van der Waals surface area contributed by atoms with Crippen molar-refractivity contribution in [3.8, 4) is 11.5 Å². The molecule has 168 valence electrons. The van der Waals surface area contributed by atoms with E-state index in [1.54, 1.807) is 26.0 Å². The third-order valence-corrected chi connectivity index (χ3v) is 6.33. The van der Waals surface area contributed by atoms with Gasteiger partial charge >= 0.3 is 5.97 Å². The molecular formula is C24H36O6. The molecular weight excluding hydrogens is 384 g/mol. The molecule has 3 N–H and O–H groups in total. The second-order valence-corrected chi connectivity index (χ2v) is 9.28. The van der Waals surface area contributed by atoms with Crippen molar-refractivity contribution in [3.63, 3.8) is 0 Å². The van der Waals surface area contributed by atoms with Crippen LogP contribution in [0.1, 0.15) is 89.2 Å². The number of carboxylic acids is 1. The van der Waals surface area contributed by atoms with Crippen molar-refractivity contribution < 1.29 is 29.6 Å². The fraction of sp³-hybridized carbons (Fsp3) is 0.667. The van der Waals surface area contributed by atoms with Gasteiger partial charge in [0.15, 0.2) is 0 Å². The topological polar surface area (TPSA) is 104 Å². The van der Waals surface area contributed by atoms with Gasteiger partial charge in [0.25, 0.3) is 6.47 Å². The number of hydrogen-bond donors (Lipinski definition) is 3. The normalized spacial score (nSPS) is 15.0. The van der Waals surface area contributed by atoms with Gasteiger partial charge in [0.2, 0.25) is 0 Å². The van der Waals surface area contributed by atoms with Crippen LogP contribution in [-0.2, 0) is 27.2 Å². The number of carbonyl (C=O) groups is 2. The minimum absolute atomic E-state index is 0.123. The summed E-state index contributed by atoms with van der Waals surface area (Å²) in [4.78, 5) is 21.7. The monoisotopic (exact) mass is 420 g/mol. The van der Waals surface area contributed by atoms with Gasteiger partial charge in [-0.1, -0.05) is 25.3 Å². The lowest BCUT2D eigenvalue weighted by Crippen LogP contribution is -2.23. The minimum Gasteiger partial charge on any atom is -0.508 e. The van der Waals surface area contributed by atoms with E-state index in [0.29, 0.717) is 24.9 Å². The Morgan fingerprint density at radius 3 is 2.37 bits per heavy atom. The molecule has 0 aliphatic heterocycles. The highest BCUT2D eigenvalue weighted by molar-refractivity contribution is 5.73. The van der Waals surface area contributed by atoms with Gasteiger partial charge in [-0.25, -0.2) is 0 Å². The predicted octanol–water partition coefficient (Wildman–Crippen LogP) is 5.12. The van der Waals surface area contributed by atoms with Gasteiger partial charge in [-0.3, -0.25) is 9.59 Å². The van der Waals surface area contributed by atoms with E-state index in [9.17, 15) is 19.8 Å². The third-order valence-electron chi connectivity index (χ3n) is 6.33. The van der Waals surface area contributed by atoms with Gasteiger partial charge in [0, 0.05) is 5.56 Å². The van der Waals surface area contributed by atoms with Crippen LogP contribution in [0.5, 0.6) is 11.5 Å². The first-order chi connectivity index (χ1) is 14.2. The zero-order valence-corrected chi connectivity index (χ0v) is 18.3. The number of ether oxygens (including phenoxy) is 1. The van der Waals surface area contributed by atoms with Crippen LogP contribution in [0.4, 0.5) is 0 Å². The number of hydrogen-bond acceptors (Lipinski definition) is 5. The molecule has 1 aliphatic rings. The molecule has 30 heavy (non-hydrogen) atoms. The summed E-state index contributed by atoms with van der Waals surface area (Å²) in [7, 11) is 0. The number of unbranched alkanes of at least 4 members (excludes halogenated alkanes) is 4. The summed E-state index contributed by atoms with van der Waals surface area (Å²) >= 11 is 0. The van der Waals surface area contributed by atoms with Crippen molar-refractivity contribution >= 4 is 12.4 Å². The summed E-state index contributed by atoms with van der Waals surface area (Å²) in [6, 6.07) is 3.43. The number of benzene rings is 1. The van der Waals surface area contributed by atoms with Gasteiger partial charge in [0.1, 0.15) is 17.1 Å². The van der Waals surface area contributed by atoms with E-state index in [-0.39, 0.29) is 17.1 Å². The average Bonchev–Trinajstić information content (AvgIpc) is 3.45. The molecule has 0 unspecified atom stereocenters. The van der Waals surface area contributed by atoms with E-state index >= 15 is 0 Å². The molecule has 1 aliphatic carbocycles. The van der Waals surface area contributed by atoms with Crippen molar-refractivity contribution in [3.05, 3.63) is 23.3 Å². The smallest absolute Gasteiger partial charge is 0.309 e. The quantitative estimate of drug-likeness (QED) is 0.269. The van der Waals surface area contributed by atoms with E-state index in [4.69, 9.17) is 9.84 Å². The Balaban J connectivity index is 1.74. The molecule has 0 amide bonds. The molecule has 0 atom stereocenters. The molecule has 0 spiro atoms. The minimum atomic E-state index is -0.757. The Morgan fingerprint density at radius 1 is 1.07 bits per heavy atom. The molecule has 6 nitrogen and oxygen atoms in total. The Kier molecular flexibility index (Phi) is 8.56. The second kappa shape index (κ2) is 10.7. The number of carbonyl (C=O) groups excluding carboxylic acids is 1. The van der Waals surface area contributed by atoms with Crippen molar-refractivity contribution in [2.24, 2.45) is 5.41 Å². The van der Waals surface area contributed by atoms with Crippen LogP contribution < -0.4 is 0 Å². The molecule has 6 heteroatoms. The number of phenols is 2. The molecule has 0 radical (unpaired) electrons. The van der Waals surface area contributed by atoms with Gasteiger partial charge in [-0.2, -0.15) is 0 Å². The fourth-order valence-electron chi connectivity index (χ4n) is 3.88. The zero-order valence-electron chi connectivity index (χ0n) is 18.3. The first kappa shape index (κ1) is 24.0. The van der Waals surface area contributed by atoms with E-state index < -0.39 is 11.4 Å². The van der Waals surface area contributed by atoms with E-state index in [0.717, 1.165) is 69.8 Å². The van der Waals surface area contributed by atoms with Crippen molar-refractivity contribution in [1.29, 1.82) is 0 Å². The highest BCUT2D eigenvalue weighted by Crippen LogP contribution is 2.43. The summed E-state index contributed by atoms with van der Waals surface area (Å²) < 4.78 is 5.15. The number of aryl methyl sites for hydroxylation is 1. The maximum absolute atomic E-state index is 11.1. The molecule has 0 aromatic heterocycles. The SMILES string of the molecule is CC(C)(CCCCCCc1ccc(O)c(CCCCC2(OC=O)CC2)c1O)C(=O)O. The lowest BCUT2D eigenvalue weighted by molar-refractivity contribution is -0.147. The fourth-order valence-corrected chi connectivity index (χ4v) is 3.88. The van der Waals surface area contributed by atoms with Crippen LogP contribution >= 0.6 is 0 Å². The second-order valence-electron chi connectivity index (χ2n) is 9.28. The van der Waals surface area contributed by atoms with Crippen LogP contribution in [-0.4, -0.2) is 33.4 Å². The number of carboxylic acid groups (broad SMARTS) is 1. The predicted molar refractivity (Wildman–Crippen MR) is 115 cm³/mol. The standard InChI is InChI=1S/C24H36O6/c1-23(2,22(28)29)13-7-4-3-5-9-18-11-12-20(26)19(21(18)27)10-6-8-14-24(15-16-24)30-17-25/h11-12,17,26-27H,3-10,13-16H2,1-2H3,(H,28,29). The highest BCUT2D eigenvalue weighted by atomic mass is 16.5. The summed E-state index contributed by atoms with van der Waals surface area (Å²) in [6.45, 7) is 4.04. The number of aromatic hydroxyl groups is 2. The lowest BCUT2D eigenvalue weighted by atomic mass is 9.87. The first-order valence-electron chi connectivity index (χ1n) is 11.1. The van der Waals surface area contributed by atoms with Gasteiger partial charge in [-0.05, 0) is 83.3 Å². The highest BCUT2D eigenvalue weighted by Gasteiger charge is 2.44. The Labute approximate surface area is 179 Å². The Hall–Kier alpha value is -2.24. The number of aliphatic carboxylic acids is 1. The van der Waals surface area contributed by atoms with Crippen LogP contribution in [0.2, 0.25) is 0 Å². The van der Waals surface area contributed by atoms with Crippen LogP contribution in [0, 0.1) is 5.41 Å². The van der Waals surface area contributed by atoms with Gasteiger partial charge in [0.05, 0.1) is 5.41 Å². The molecule has 0 heterocycles. The van der Waals surface area contributed by atoms with Gasteiger partial charge < -0.3 is 20.1 Å². The summed E-state index contributed by atoms with van der Waals surface area (Å²) in [5.74, 6) is -0.447. The largest absolute Gasteiger partial charge is 0.508 e. The number of rotatable bonds is 15. The van der Waals surface area contributed by atoms with Crippen molar-refractivity contribution in [2.45, 2.75) is 96.5 Å². The summed E-state index contributed by atoms with van der Waals surface area (Å²) in [5.41, 5.74) is 0.504. The molecule has 0 saturated heterocycles. The third kappa shape index (κ3) is 6.92. The molecule has 2 rings (SSSR count). The van der Waals surface area contributed by atoms with E-state index in [2.05, 4.69) is 0 Å². The molecule has 0 bridgehead atoms. The van der Waals surface area contributed by atoms with Crippen LogP contribution in [0.3, 0.4) is 0 Å². The molecule has 1 aromatic rings. The number of phenolic OH excluding ortho intramolecular Hbond substituents is 2. The average molecular weight is 421 g/mol. The van der Waals surface area contributed by atoms with E-state index in [1.165, 1.54) is 0 Å². The molecule has 1 saturated carbocycles. The maximum Gasteiger partial charge on any atom is 0.309 e. The zero-order chi connectivity index (χ0) is 22.2. The van der Waals surface area contributed by atoms with E-state index in [1.807, 2.05) is 0 Å².